The molecule has 178 valence electrons. The molecule has 8 heteroatoms. The van der Waals surface area contributed by atoms with Gasteiger partial charge in [0, 0.05) is 30.8 Å². The van der Waals surface area contributed by atoms with Crippen molar-refractivity contribution in [1.82, 2.24) is 0 Å². The average Bonchev–Trinajstić information content (AvgIpc) is 3.18. The highest BCUT2D eigenvalue weighted by molar-refractivity contribution is 6.03. The highest BCUT2D eigenvalue weighted by Crippen LogP contribution is 2.33. The summed E-state index contributed by atoms with van der Waals surface area (Å²) >= 11 is 0. The number of ether oxygens (including phenoxy) is 1. The number of nitrogens with zero attached hydrogens (tertiary/aromatic N) is 2. The van der Waals surface area contributed by atoms with Gasteiger partial charge in [-0.3, -0.25) is 14.6 Å². The van der Waals surface area contributed by atoms with Crippen molar-refractivity contribution in [3.05, 3.63) is 70.1 Å². The maximum Gasteiger partial charge on any atom is 0.277 e. The molecule has 0 saturated heterocycles. The molecule has 1 aliphatic carbocycles. The molecular weight excluding hydrogens is 440 g/mol. The van der Waals surface area contributed by atoms with E-state index in [2.05, 4.69) is 22.0 Å². The average molecular weight is 468 g/mol. The topological polar surface area (TPSA) is 80.1 Å². The predicted molar refractivity (Wildman–Crippen MR) is 130 cm³/mol. The van der Waals surface area contributed by atoms with E-state index in [4.69, 9.17) is 4.74 Å². The van der Waals surface area contributed by atoms with E-state index < -0.39 is 17.4 Å². The predicted octanol–water partition coefficient (Wildman–Crippen LogP) is 5.67. The number of Topliss-reactive ketones (excluding diaryl/α,β-unsaturated/α-hetero) is 2. The third-order valence-corrected chi connectivity index (χ3v) is 5.54. The SMILES string of the molecule is C=N/C(Oc1cccc2c1C(=O)CC2)=C(\C=N/CNc1ccc(C(C)=O)cc1CC)C(C)(F)F. The first-order valence-corrected chi connectivity index (χ1v) is 11.0. The molecule has 34 heavy (non-hydrogen) atoms. The van der Waals surface area contributed by atoms with Crippen LogP contribution >= 0.6 is 0 Å². The summed E-state index contributed by atoms with van der Waals surface area (Å²) in [6.45, 7) is 7.55. The van der Waals surface area contributed by atoms with Gasteiger partial charge in [0.15, 0.2) is 11.6 Å². The summed E-state index contributed by atoms with van der Waals surface area (Å²) in [4.78, 5) is 31.6. The quantitative estimate of drug-likeness (QED) is 0.277. The lowest BCUT2D eigenvalue weighted by molar-refractivity contribution is 0.0665. The Balaban J connectivity index is 1.83. The Morgan fingerprint density at radius 3 is 2.68 bits per heavy atom. The van der Waals surface area contributed by atoms with Crippen LogP contribution in [0, 0.1) is 0 Å². The molecule has 0 amide bonds. The van der Waals surface area contributed by atoms with Gasteiger partial charge in [0.05, 0.1) is 5.56 Å². The van der Waals surface area contributed by atoms with E-state index in [0.29, 0.717) is 37.3 Å². The van der Waals surface area contributed by atoms with Crippen molar-refractivity contribution >= 4 is 30.2 Å². The van der Waals surface area contributed by atoms with E-state index in [9.17, 15) is 18.4 Å². The first-order valence-electron chi connectivity index (χ1n) is 11.0. The Morgan fingerprint density at radius 1 is 1.26 bits per heavy atom. The van der Waals surface area contributed by atoms with Gasteiger partial charge < -0.3 is 10.1 Å². The van der Waals surface area contributed by atoms with Crippen LogP contribution < -0.4 is 10.1 Å². The number of nitrogens with one attached hydrogen (secondary N) is 1. The molecule has 2 aromatic carbocycles. The van der Waals surface area contributed by atoms with Crippen molar-refractivity contribution in [2.24, 2.45) is 9.98 Å². The first kappa shape index (κ1) is 25.0. The molecule has 0 saturated carbocycles. The number of benzene rings is 2. The van der Waals surface area contributed by atoms with Crippen molar-refractivity contribution < 1.29 is 23.1 Å². The molecule has 0 atom stereocenters. The van der Waals surface area contributed by atoms with Gasteiger partial charge >= 0.3 is 0 Å². The van der Waals surface area contributed by atoms with Gasteiger partial charge in [-0.25, -0.2) is 13.8 Å². The second-order valence-electron chi connectivity index (χ2n) is 8.01. The van der Waals surface area contributed by atoms with Crippen LogP contribution in [0.15, 0.2) is 57.8 Å². The van der Waals surface area contributed by atoms with Crippen molar-refractivity contribution in [2.45, 2.75) is 46.0 Å². The number of allylic oxidation sites excluding steroid dienone is 1. The summed E-state index contributed by atoms with van der Waals surface area (Å²) in [5.41, 5.74) is 2.92. The summed E-state index contributed by atoms with van der Waals surface area (Å²) in [6, 6.07) is 10.3. The Kier molecular flexibility index (Phi) is 7.71. The first-order chi connectivity index (χ1) is 16.2. The van der Waals surface area contributed by atoms with Gasteiger partial charge in [-0.05, 0) is 61.9 Å². The number of hydrogen-bond acceptors (Lipinski definition) is 6. The molecule has 2 aromatic rings. The van der Waals surface area contributed by atoms with Crippen molar-refractivity contribution in [1.29, 1.82) is 0 Å². The van der Waals surface area contributed by atoms with Crippen molar-refractivity contribution in [3.63, 3.8) is 0 Å². The lowest BCUT2D eigenvalue weighted by atomic mass is 10.0. The van der Waals surface area contributed by atoms with Gasteiger partial charge in [0.1, 0.15) is 18.0 Å². The zero-order chi connectivity index (χ0) is 24.9. The van der Waals surface area contributed by atoms with Crippen LogP contribution in [0.5, 0.6) is 5.75 Å². The lowest BCUT2D eigenvalue weighted by Crippen LogP contribution is -2.20. The van der Waals surface area contributed by atoms with E-state index in [1.165, 1.54) is 6.92 Å². The monoisotopic (exact) mass is 467 g/mol. The minimum atomic E-state index is -3.32. The number of fused-ring (bicyclic) bond motifs is 1. The maximum absolute atomic E-state index is 14.4. The van der Waals surface area contributed by atoms with Crippen LogP contribution in [0.2, 0.25) is 0 Å². The molecule has 0 radical (unpaired) electrons. The number of rotatable bonds is 10. The number of anilines is 1. The standard InChI is InChI=1S/C26H27F2N3O3/c1-5-17-13-19(16(2)32)9-11-21(17)31-15-30-14-20(26(3,27)28)25(29-4)34-23-8-6-7-18-10-12-22(33)24(18)23/h6-9,11,13-14,31H,4-5,10,12,15H2,1-3H3/b25-20-,30-14-. The van der Waals surface area contributed by atoms with Crippen LogP contribution in [0.3, 0.4) is 0 Å². The van der Waals surface area contributed by atoms with E-state index in [1.807, 2.05) is 13.0 Å². The van der Waals surface area contributed by atoms with E-state index in [0.717, 1.165) is 23.0 Å². The van der Waals surface area contributed by atoms with Gasteiger partial charge in [0.2, 0.25) is 5.88 Å². The van der Waals surface area contributed by atoms with Gasteiger partial charge in [-0.2, -0.15) is 0 Å². The fourth-order valence-corrected chi connectivity index (χ4v) is 3.74. The number of carbonyl (C=O) groups excluding carboxylic acids is 2. The maximum atomic E-state index is 14.4. The minimum Gasteiger partial charge on any atom is -0.438 e. The number of hydrogen-bond donors (Lipinski definition) is 1. The highest BCUT2D eigenvalue weighted by atomic mass is 19.3. The fourth-order valence-electron chi connectivity index (χ4n) is 3.74. The molecule has 0 spiro atoms. The van der Waals surface area contributed by atoms with E-state index in [1.54, 1.807) is 30.3 Å². The molecule has 6 nitrogen and oxygen atoms in total. The van der Waals surface area contributed by atoms with Crippen molar-refractivity contribution in [3.8, 4) is 5.75 Å². The Morgan fingerprint density at radius 2 is 2.03 bits per heavy atom. The molecule has 0 bridgehead atoms. The lowest BCUT2D eigenvalue weighted by Gasteiger charge is -2.16. The van der Waals surface area contributed by atoms with Crippen LogP contribution in [0.1, 0.15) is 59.0 Å². The third kappa shape index (κ3) is 5.62. The molecule has 0 heterocycles. The number of aliphatic imine (C=N–C) groups is 2. The Labute approximate surface area is 197 Å². The molecule has 0 unspecified atom stereocenters. The molecule has 3 rings (SSSR count). The summed E-state index contributed by atoms with van der Waals surface area (Å²) in [5.74, 6) is -3.69. The van der Waals surface area contributed by atoms with E-state index >= 15 is 0 Å². The number of carbonyl (C=O) groups is 2. The highest BCUT2D eigenvalue weighted by Gasteiger charge is 2.32. The van der Waals surface area contributed by atoms with Gasteiger partial charge in [0.25, 0.3) is 5.92 Å². The zero-order valence-corrected chi connectivity index (χ0v) is 19.5. The van der Waals surface area contributed by atoms with Crippen LogP contribution in [-0.2, 0) is 12.8 Å². The van der Waals surface area contributed by atoms with Crippen LogP contribution in [0.25, 0.3) is 0 Å². The number of aryl methyl sites for hydroxylation is 2. The second kappa shape index (κ2) is 10.5. The molecule has 1 aliphatic rings. The Hall–Kier alpha value is -3.68. The third-order valence-electron chi connectivity index (χ3n) is 5.54. The number of halogens is 2. The molecular formula is C26H27F2N3O3. The summed E-state index contributed by atoms with van der Waals surface area (Å²) in [7, 11) is 0. The fraction of sp³-hybridized carbons (Fsp3) is 0.308. The Bertz CT molecular complexity index is 1180. The largest absolute Gasteiger partial charge is 0.438 e. The van der Waals surface area contributed by atoms with Crippen LogP contribution in [-0.4, -0.2) is 37.1 Å². The van der Waals surface area contributed by atoms with Crippen LogP contribution in [0.4, 0.5) is 14.5 Å². The van der Waals surface area contributed by atoms with Gasteiger partial charge in [-0.15, -0.1) is 0 Å². The molecule has 0 aromatic heterocycles. The normalized spacial score (nSPS) is 14.1. The zero-order valence-electron chi connectivity index (χ0n) is 19.5. The summed E-state index contributed by atoms with van der Waals surface area (Å²) in [6.07, 6.45) is 2.62. The molecule has 0 fully saturated rings. The molecule has 0 aliphatic heterocycles. The van der Waals surface area contributed by atoms with E-state index in [-0.39, 0.29) is 24.0 Å². The molecule has 1 N–H and O–H groups in total. The minimum absolute atomic E-state index is 0.00957. The number of alkyl halides is 2. The van der Waals surface area contributed by atoms with Crippen molar-refractivity contribution in [2.75, 3.05) is 12.0 Å². The smallest absolute Gasteiger partial charge is 0.277 e. The summed E-state index contributed by atoms with van der Waals surface area (Å²) in [5, 5.41) is 3.08. The summed E-state index contributed by atoms with van der Waals surface area (Å²) < 4.78 is 34.5. The number of ketones is 2. The van der Waals surface area contributed by atoms with Gasteiger partial charge in [-0.1, -0.05) is 19.1 Å². The second-order valence-corrected chi connectivity index (χ2v) is 8.01.